The van der Waals surface area contributed by atoms with E-state index in [4.69, 9.17) is 9.47 Å². The molecule has 1 heterocycles. The fourth-order valence-corrected chi connectivity index (χ4v) is 5.27. The molecule has 0 N–H and O–H groups in total. The SMILES string of the molecule is CC(C)CN(C(=O)COC(=O)COc1ccc2ccccc2c1)C1CCS(=O)(=O)C1. The maximum absolute atomic E-state index is 12.6. The monoisotopic (exact) mass is 433 g/mol. The Morgan fingerprint density at radius 3 is 2.50 bits per heavy atom. The molecular weight excluding hydrogens is 406 g/mol. The molecule has 8 heteroatoms. The molecule has 2 aromatic carbocycles. The molecule has 0 aliphatic carbocycles. The van der Waals surface area contributed by atoms with Gasteiger partial charge in [-0.05, 0) is 35.2 Å². The Bertz CT molecular complexity index is 1020. The zero-order valence-corrected chi connectivity index (χ0v) is 18.1. The van der Waals surface area contributed by atoms with E-state index in [1.54, 1.807) is 6.07 Å². The fraction of sp³-hybridized carbons (Fsp3) is 0.455. The maximum Gasteiger partial charge on any atom is 0.344 e. The predicted octanol–water partition coefficient (Wildman–Crippen LogP) is 2.43. The Labute approximate surface area is 176 Å². The van der Waals surface area contributed by atoms with Gasteiger partial charge in [0.25, 0.3) is 5.91 Å². The van der Waals surface area contributed by atoms with Crippen LogP contribution in [0.3, 0.4) is 0 Å². The Morgan fingerprint density at radius 1 is 1.10 bits per heavy atom. The van der Waals surface area contributed by atoms with Crippen LogP contribution in [0.25, 0.3) is 10.8 Å². The van der Waals surface area contributed by atoms with Gasteiger partial charge >= 0.3 is 5.97 Å². The largest absolute Gasteiger partial charge is 0.482 e. The number of nitrogens with zero attached hydrogens (tertiary/aromatic N) is 1. The van der Waals surface area contributed by atoms with Crippen LogP contribution in [0.2, 0.25) is 0 Å². The number of hydrogen-bond acceptors (Lipinski definition) is 6. The van der Waals surface area contributed by atoms with Crippen LogP contribution in [0.5, 0.6) is 5.75 Å². The minimum Gasteiger partial charge on any atom is -0.482 e. The lowest BCUT2D eigenvalue weighted by atomic mass is 10.1. The van der Waals surface area contributed by atoms with Gasteiger partial charge in [-0.2, -0.15) is 0 Å². The standard InChI is InChI=1S/C22H27NO6S/c1-16(2)12-23(19-9-10-30(26,27)15-19)21(24)13-29-22(25)14-28-20-8-7-17-5-3-4-6-18(17)11-20/h3-8,11,16,19H,9-10,12-15H2,1-2H3. The van der Waals surface area contributed by atoms with Gasteiger partial charge in [0.1, 0.15) is 5.75 Å². The third kappa shape index (κ3) is 5.95. The van der Waals surface area contributed by atoms with Crippen molar-refractivity contribution < 1.29 is 27.5 Å². The number of esters is 1. The first-order chi connectivity index (χ1) is 14.2. The highest BCUT2D eigenvalue weighted by atomic mass is 32.2. The maximum atomic E-state index is 12.6. The van der Waals surface area contributed by atoms with Crippen LogP contribution in [0, 0.1) is 5.92 Å². The molecule has 1 saturated heterocycles. The average molecular weight is 434 g/mol. The first kappa shape index (κ1) is 22.1. The minimum atomic E-state index is -3.12. The summed E-state index contributed by atoms with van der Waals surface area (Å²) in [5.74, 6) is -0.285. The molecule has 1 amide bonds. The molecule has 0 bridgehead atoms. The van der Waals surface area contributed by atoms with E-state index in [2.05, 4.69) is 0 Å². The van der Waals surface area contributed by atoms with Crippen molar-refractivity contribution in [1.82, 2.24) is 4.90 Å². The number of fused-ring (bicyclic) bond motifs is 1. The second-order valence-corrected chi connectivity index (χ2v) is 10.2. The number of rotatable bonds is 8. The lowest BCUT2D eigenvalue weighted by Crippen LogP contribution is -2.45. The number of carbonyl (C=O) groups excluding carboxylic acids is 2. The summed E-state index contributed by atoms with van der Waals surface area (Å²) in [4.78, 5) is 26.2. The molecular formula is C22H27NO6S. The molecule has 1 aliphatic heterocycles. The van der Waals surface area contributed by atoms with Gasteiger partial charge in [-0.1, -0.05) is 44.2 Å². The Kier molecular flexibility index (Phi) is 6.97. The summed E-state index contributed by atoms with van der Waals surface area (Å²) >= 11 is 0. The van der Waals surface area contributed by atoms with Gasteiger partial charge in [0.05, 0.1) is 11.5 Å². The van der Waals surface area contributed by atoms with Crippen LogP contribution in [0.4, 0.5) is 0 Å². The quantitative estimate of drug-likeness (QED) is 0.594. The van der Waals surface area contributed by atoms with Crippen LogP contribution in [0.15, 0.2) is 42.5 Å². The summed E-state index contributed by atoms with van der Waals surface area (Å²) in [6, 6.07) is 12.9. The van der Waals surface area contributed by atoms with Gasteiger partial charge in [-0.15, -0.1) is 0 Å². The predicted molar refractivity (Wildman–Crippen MR) is 114 cm³/mol. The minimum absolute atomic E-state index is 0.0372. The first-order valence-corrected chi connectivity index (χ1v) is 11.8. The molecule has 0 radical (unpaired) electrons. The molecule has 7 nitrogen and oxygen atoms in total. The first-order valence-electron chi connectivity index (χ1n) is 10.0. The van der Waals surface area contributed by atoms with Crippen LogP contribution in [-0.2, 0) is 24.2 Å². The molecule has 1 aliphatic rings. The fourth-order valence-electron chi connectivity index (χ4n) is 3.54. The van der Waals surface area contributed by atoms with Gasteiger partial charge in [0, 0.05) is 12.6 Å². The Balaban J connectivity index is 1.52. The van der Waals surface area contributed by atoms with E-state index in [0.717, 1.165) is 10.8 Å². The van der Waals surface area contributed by atoms with E-state index in [1.165, 1.54) is 4.90 Å². The zero-order chi connectivity index (χ0) is 21.7. The van der Waals surface area contributed by atoms with Crippen molar-refractivity contribution in [2.75, 3.05) is 31.3 Å². The summed E-state index contributed by atoms with van der Waals surface area (Å²) in [6.07, 6.45) is 0.416. The number of amides is 1. The third-order valence-electron chi connectivity index (χ3n) is 4.97. The highest BCUT2D eigenvalue weighted by Crippen LogP contribution is 2.21. The van der Waals surface area contributed by atoms with Crippen molar-refractivity contribution in [3.05, 3.63) is 42.5 Å². The van der Waals surface area contributed by atoms with Crippen LogP contribution in [0.1, 0.15) is 20.3 Å². The lowest BCUT2D eigenvalue weighted by molar-refractivity contribution is -0.154. The second-order valence-electron chi connectivity index (χ2n) is 7.96. The summed E-state index contributed by atoms with van der Waals surface area (Å²) in [7, 11) is -3.12. The zero-order valence-electron chi connectivity index (χ0n) is 17.2. The number of carbonyl (C=O) groups is 2. The van der Waals surface area contributed by atoms with Gasteiger partial charge < -0.3 is 14.4 Å². The van der Waals surface area contributed by atoms with Gasteiger partial charge in [-0.25, -0.2) is 13.2 Å². The van der Waals surface area contributed by atoms with Crippen molar-refractivity contribution in [2.45, 2.75) is 26.3 Å². The number of sulfone groups is 1. The van der Waals surface area contributed by atoms with Crippen molar-refractivity contribution in [1.29, 1.82) is 0 Å². The van der Waals surface area contributed by atoms with E-state index in [0.29, 0.717) is 18.7 Å². The van der Waals surface area contributed by atoms with E-state index in [-0.39, 0.29) is 36.0 Å². The summed E-state index contributed by atoms with van der Waals surface area (Å²) in [6.45, 7) is 3.58. The van der Waals surface area contributed by atoms with Gasteiger partial charge in [0.15, 0.2) is 23.1 Å². The van der Waals surface area contributed by atoms with Crippen LogP contribution >= 0.6 is 0 Å². The number of ether oxygens (including phenoxy) is 2. The highest BCUT2D eigenvalue weighted by Gasteiger charge is 2.35. The molecule has 162 valence electrons. The molecule has 1 unspecified atom stereocenters. The summed E-state index contributed by atoms with van der Waals surface area (Å²) < 4.78 is 34.1. The lowest BCUT2D eigenvalue weighted by Gasteiger charge is -2.29. The van der Waals surface area contributed by atoms with Crippen molar-refractivity contribution >= 4 is 32.5 Å². The number of benzene rings is 2. The summed E-state index contributed by atoms with van der Waals surface area (Å²) in [5.41, 5.74) is 0. The topological polar surface area (TPSA) is 90.0 Å². The average Bonchev–Trinajstić information content (AvgIpc) is 3.07. The van der Waals surface area contributed by atoms with E-state index in [1.807, 2.05) is 50.2 Å². The smallest absolute Gasteiger partial charge is 0.344 e. The van der Waals surface area contributed by atoms with Gasteiger partial charge in [0.2, 0.25) is 0 Å². The van der Waals surface area contributed by atoms with Gasteiger partial charge in [-0.3, -0.25) is 4.79 Å². The number of hydrogen-bond donors (Lipinski definition) is 0. The molecule has 3 rings (SSSR count). The molecule has 0 saturated carbocycles. The molecule has 1 atom stereocenters. The molecule has 0 aromatic heterocycles. The summed E-state index contributed by atoms with van der Waals surface area (Å²) in [5, 5.41) is 2.06. The van der Waals surface area contributed by atoms with E-state index >= 15 is 0 Å². The second kappa shape index (κ2) is 9.47. The van der Waals surface area contributed by atoms with Crippen LogP contribution in [-0.4, -0.2) is 62.5 Å². The molecule has 30 heavy (non-hydrogen) atoms. The molecule has 1 fully saturated rings. The molecule has 2 aromatic rings. The highest BCUT2D eigenvalue weighted by molar-refractivity contribution is 7.91. The van der Waals surface area contributed by atoms with E-state index in [9.17, 15) is 18.0 Å². The van der Waals surface area contributed by atoms with Crippen LogP contribution < -0.4 is 4.74 Å². The Morgan fingerprint density at radius 2 is 1.83 bits per heavy atom. The van der Waals surface area contributed by atoms with Crippen molar-refractivity contribution in [2.24, 2.45) is 5.92 Å². The Hall–Kier alpha value is -2.61. The van der Waals surface area contributed by atoms with Crippen molar-refractivity contribution in [3.8, 4) is 5.75 Å². The van der Waals surface area contributed by atoms with E-state index < -0.39 is 22.4 Å². The normalized spacial score (nSPS) is 17.8. The third-order valence-corrected chi connectivity index (χ3v) is 6.72. The van der Waals surface area contributed by atoms with Crippen molar-refractivity contribution in [3.63, 3.8) is 0 Å². The molecule has 0 spiro atoms.